The van der Waals surface area contributed by atoms with Crippen molar-refractivity contribution in [1.29, 1.82) is 0 Å². The van der Waals surface area contributed by atoms with Crippen LogP contribution in [0.5, 0.6) is 0 Å². The van der Waals surface area contributed by atoms with Crippen molar-refractivity contribution in [3.05, 3.63) is 70.0 Å². The fourth-order valence-electron chi connectivity index (χ4n) is 4.70. The number of hydrogen-bond donors (Lipinski definition) is 2. The van der Waals surface area contributed by atoms with Crippen molar-refractivity contribution in [2.75, 3.05) is 13.1 Å². The van der Waals surface area contributed by atoms with Crippen LogP contribution in [0.1, 0.15) is 67.5 Å². The SMILES string of the molecule is Cc1cc(F)ccc1[C@H]1C[C@H](NC(=O)OC(C)(C)C)CCN1C(=O)NCCc1cc(C(F)(F)F)cc(C(F)(F)F)c1. The van der Waals surface area contributed by atoms with Crippen LogP contribution in [-0.4, -0.2) is 41.8 Å². The predicted octanol–water partition coefficient (Wildman–Crippen LogP) is 7.15. The third-order valence-corrected chi connectivity index (χ3v) is 6.51. The summed E-state index contributed by atoms with van der Waals surface area (Å²) in [6.07, 6.45) is -10.2. The number of alkyl halides is 6. The summed E-state index contributed by atoms with van der Waals surface area (Å²) in [5.41, 5.74) is -2.63. The molecule has 226 valence electrons. The number of halogens is 7. The maximum absolute atomic E-state index is 13.8. The van der Waals surface area contributed by atoms with Crippen molar-refractivity contribution in [1.82, 2.24) is 15.5 Å². The van der Waals surface area contributed by atoms with E-state index >= 15 is 0 Å². The monoisotopic (exact) mass is 591 g/mol. The summed E-state index contributed by atoms with van der Waals surface area (Å²) in [5, 5.41) is 5.36. The highest BCUT2D eigenvalue weighted by atomic mass is 19.4. The first-order valence-electron chi connectivity index (χ1n) is 12.9. The van der Waals surface area contributed by atoms with Crippen LogP contribution in [0.3, 0.4) is 0 Å². The number of alkyl carbamates (subject to hydrolysis) is 1. The van der Waals surface area contributed by atoms with E-state index in [2.05, 4.69) is 10.6 Å². The highest BCUT2D eigenvalue weighted by molar-refractivity contribution is 5.75. The number of hydrogen-bond acceptors (Lipinski definition) is 3. The summed E-state index contributed by atoms with van der Waals surface area (Å²) in [6.45, 7) is 6.75. The van der Waals surface area contributed by atoms with Gasteiger partial charge in [-0.05, 0) is 94.0 Å². The fourth-order valence-corrected chi connectivity index (χ4v) is 4.70. The first-order valence-corrected chi connectivity index (χ1v) is 12.9. The third-order valence-electron chi connectivity index (χ3n) is 6.51. The molecule has 0 radical (unpaired) electrons. The molecule has 2 aromatic carbocycles. The lowest BCUT2D eigenvalue weighted by atomic mass is 9.89. The highest BCUT2D eigenvalue weighted by Gasteiger charge is 2.37. The van der Waals surface area contributed by atoms with Gasteiger partial charge in [-0.2, -0.15) is 26.3 Å². The van der Waals surface area contributed by atoms with Crippen LogP contribution in [0.25, 0.3) is 0 Å². The molecule has 1 aliphatic heterocycles. The summed E-state index contributed by atoms with van der Waals surface area (Å²) < 4.78 is 98.2. The van der Waals surface area contributed by atoms with Gasteiger partial charge >= 0.3 is 24.5 Å². The molecule has 0 unspecified atom stereocenters. The van der Waals surface area contributed by atoms with Gasteiger partial charge < -0.3 is 20.3 Å². The Morgan fingerprint density at radius 2 is 1.59 bits per heavy atom. The number of ether oxygens (including phenoxy) is 1. The lowest BCUT2D eigenvalue weighted by Gasteiger charge is -2.40. The number of urea groups is 1. The van der Waals surface area contributed by atoms with Crippen molar-refractivity contribution < 1.29 is 45.1 Å². The summed E-state index contributed by atoms with van der Waals surface area (Å²) >= 11 is 0. The summed E-state index contributed by atoms with van der Waals surface area (Å²) in [5.74, 6) is -0.471. The van der Waals surface area contributed by atoms with E-state index in [9.17, 15) is 40.3 Å². The number of amides is 3. The Morgan fingerprint density at radius 1 is 0.976 bits per heavy atom. The Morgan fingerprint density at radius 3 is 2.12 bits per heavy atom. The quantitative estimate of drug-likeness (QED) is 0.363. The fraction of sp³-hybridized carbons (Fsp3) is 0.500. The van der Waals surface area contributed by atoms with Crippen molar-refractivity contribution in [2.45, 2.75) is 77.0 Å². The molecule has 3 rings (SSSR count). The molecule has 1 saturated heterocycles. The minimum absolute atomic E-state index is 0.0488. The van der Waals surface area contributed by atoms with E-state index in [0.717, 1.165) is 0 Å². The maximum atomic E-state index is 13.8. The minimum Gasteiger partial charge on any atom is -0.444 e. The van der Waals surface area contributed by atoms with Crippen molar-refractivity contribution in [2.24, 2.45) is 0 Å². The van der Waals surface area contributed by atoms with Gasteiger partial charge in [0.15, 0.2) is 0 Å². The molecule has 0 aliphatic carbocycles. The average Bonchev–Trinajstić information content (AvgIpc) is 2.81. The largest absolute Gasteiger partial charge is 0.444 e. The first-order chi connectivity index (χ1) is 18.8. The van der Waals surface area contributed by atoms with Crippen molar-refractivity contribution in [3.63, 3.8) is 0 Å². The molecule has 2 N–H and O–H groups in total. The van der Waals surface area contributed by atoms with E-state index in [0.29, 0.717) is 29.7 Å². The molecule has 0 saturated carbocycles. The number of carbonyl (C=O) groups is 2. The zero-order valence-corrected chi connectivity index (χ0v) is 23.0. The number of nitrogens with zero attached hydrogens (tertiary/aromatic N) is 1. The zero-order chi connectivity index (χ0) is 30.8. The third kappa shape index (κ3) is 8.99. The molecular weight excluding hydrogens is 559 g/mol. The van der Waals surface area contributed by atoms with Gasteiger partial charge in [0.05, 0.1) is 17.2 Å². The van der Waals surface area contributed by atoms with E-state index in [1.54, 1.807) is 27.7 Å². The number of rotatable bonds is 5. The Labute approximate surface area is 233 Å². The standard InChI is InChI=1S/C28H32F7N3O3/c1-16-11-20(29)5-6-22(16)23-15-21(37-25(40)41-26(2,3)4)8-10-38(23)24(39)36-9-7-17-12-18(27(30,31)32)14-19(13-17)28(33,34)35/h5-6,11-14,21,23H,7-10,15H2,1-4H3,(H,36,39)(H,37,40)/t21-,23-/m1/s1. The maximum Gasteiger partial charge on any atom is 0.416 e. The summed E-state index contributed by atoms with van der Waals surface area (Å²) in [4.78, 5) is 27.0. The molecule has 0 bridgehead atoms. The molecule has 1 fully saturated rings. The second kappa shape index (κ2) is 12.2. The number of carbonyl (C=O) groups excluding carboxylic acids is 2. The van der Waals surface area contributed by atoms with Crippen LogP contribution in [0, 0.1) is 12.7 Å². The molecule has 3 amide bonds. The van der Waals surface area contributed by atoms with Gasteiger partial charge in [0.2, 0.25) is 0 Å². The summed E-state index contributed by atoms with van der Waals surface area (Å²) in [7, 11) is 0. The van der Waals surface area contributed by atoms with Gasteiger partial charge in [0.25, 0.3) is 0 Å². The summed E-state index contributed by atoms with van der Waals surface area (Å²) in [6, 6.07) is 3.80. The molecule has 0 spiro atoms. The topological polar surface area (TPSA) is 70.7 Å². The molecule has 13 heteroatoms. The molecule has 2 atom stereocenters. The van der Waals surface area contributed by atoms with E-state index in [-0.39, 0.29) is 43.6 Å². The number of piperidine rings is 1. The normalized spacial score (nSPS) is 18.2. The zero-order valence-electron chi connectivity index (χ0n) is 23.0. The molecule has 41 heavy (non-hydrogen) atoms. The average molecular weight is 592 g/mol. The molecular formula is C28H32F7N3O3. The van der Waals surface area contributed by atoms with Gasteiger partial charge in [0.1, 0.15) is 11.4 Å². The van der Waals surface area contributed by atoms with E-state index in [1.807, 2.05) is 0 Å². The Kier molecular flexibility index (Phi) is 9.49. The Bertz CT molecular complexity index is 1220. The number of nitrogens with one attached hydrogen (secondary N) is 2. The second-order valence-electron chi connectivity index (χ2n) is 11.0. The van der Waals surface area contributed by atoms with Crippen LogP contribution in [0.15, 0.2) is 36.4 Å². The number of likely N-dealkylation sites (tertiary alicyclic amines) is 1. The van der Waals surface area contributed by atoms with Crippen LogP contribution in [0.4, 0.5) is 40.3 Å². The van der Waals surface area contributed by atoms with Crippen LogP contribution >= 0.6 is 0 Å². The number of benzene rings is 2. The van der Waals surface area contributed by atoms with Gasteiger partial charge in [-0.1, -0.05) is 6.07 Å². The van der Waals surface area contributed by atoms with Crippen molar-refractivity contribution >= 4 is 12.1 Å². The molecule has 0 aromatic heterocycles. The van der Waals surface area contributed by atoms with Crippen LogP contribution < -0.4 is 10.6 Å². The smallest absolute Gasteiger partial charge is 0.416 e. The van der Waals surface area contributed by atoms with E-state index in [4.69, 9.17) is 4.74 Å². The Hall–Kier alpha value is -3.51. The minimum atomic E-state index is -4.98. The van der Waals surface area contributed by atoms with Crippen LogP contribution in [0.2, 0.25) is 0 Å². The molecule has 1 aliphatic rings. The van der Waals surface area contributed by atoms with Gasteiger partial charge in [-0.15, -0.1) is 0 Å². The van der Waals surface area contributed by atoms with Gasteiger partial charge in [0, 0.05) is 19.1 Å². The van der Waals surface area contributed by atoms with Crippen molar-refractivity contribution in [3.8, 4) is 0 Å². The lowest BCUT2D eigenvalue weighted by molar-refractivity contribution is -0.143. The van der Waals surface area contributed by atoms with E-state index in [1.165, 1.54) is 23.1 Å². The van der Waals surface area contributed by atoms with Crippen LogP contribution in [-0.2, 0) is 23.5 Å². The van der Waals surface area contributed by atoms with Gasteiger partial charge in [-0.25, -0.2) is 14.0 Å². The molecule has 1 heterocycles. The van der Waals surface area contributed by atoms with Gasteiger partial charge in [-0.3, -0.25) is 0 Å². The van der Waals surface area contributed by atoms with E-state index < -0.39 is 53.1 Å². The predicted molar refractivity (Wildman–Crippen MR) is 137 cm³/mol. The Balaban J connectivity index is 1.75. The lowest BCUT2D eigenvalue weighted by Crippen LogP contribution is -2.51. The first kappa shape index (κ1) is 32.0. The molecule has 6 nitrogen and oxygen atoms in total. The molecule has 2 aromatic rings. The second-order valence-corrected chi connectivity index (χ2v) is 11.0. The number of aryl methyl sites for hydroxylation is 1. The highest BCUT2D eigenvalue weighted by Crippen LogP contribution is 2.37.